The molecule has 0 aliphatic heterocycles. The van der Waals surface area contributed by atoms with Crippen LogP contribution < -0.4 is 28.5 Å². The summed E-state index contributed by atoms with van der Waals surface area (Å²) in [6, 6.07) is 21.4. The van der Waals surface area contributed by atoms with E-state index < -0.39 is 0 Å². The first kappa shape index (κ1) is 20.7. The van der Waals surface area contributed by atoms with Crippen LogP contribution in [0, 0.1) is 0 Å². The van der Waals surface area contributed by atoms with Crippen molar-refractivity contribution in [2.24, 2.45) is 0 Å². The predicted molar refractivity (Wildman–Crippen MR) is 104 cm³/mol. The molecule has 0 radical (unpaired) electrons. The molecule has 138 valence electrons. The van der Waals surface area contributed by atoms with Gasteiger partial charge in [0.25, 0.3) is 0 Å². The third-order valence-corrected chi connectivity index (χ3v) is 4.99. The third kappa shape index (κ3) is 4.97. The minimum Gasteiger partial charge on any atom is -1.00 e. The zero-order valence-corrected chi connectivity index (χ0v) is 18.3. The number of benzene rings is 2. The summed E-state index contributed by atoms with van der Waals surface area (Å²) in [5.41, 5.74) is 2.82. The highest BCUT2D eigenvalue weighted by Gasteiger charge is 2.31. The Bertz CT molecular complexity index is 736. The zero-order chi connectivity index (χ0) is 17.9. The minimum atomic E-state index is 0. The standard InChI is InChI=1S/C23H29N2.HI/c1-22(2,17-20-11-7-5-8-12-20)24-15-16-25(19-24)23(3,4)18-21-13-9-6-10-14-21;/h5-16,19H,17-18H2,1-4H3;1H/q+1;/p-1. The van der Waals surface area contributed by atoms with Gasteiger partial charge in [-0.05, 0) is 38.8 Å². The Morgan fingerprint density at radius 2 is 1.27 bits per heavy atom. The van der Waals surface area contributed by atoms with E-state index in [4.69, 9.17) is 0 Å². The number of rotatable bonds is 6. The molecule has 26 heavy (non-hydrogen) atoms. The molecule has 0 bridgehead atoms. The van der Waals surface area contributed by atoms with Crippen LogP contribution in [-0.4, -0.2) is 4.57 Å². The molecule has 2 nitrogen and oxygen atoms in total. The lowest BCUT2D eigenvalue weighted by atomic mass is 9.94. The van der Waals surface area contributed by atoms with Crippen LogP contribution in [0.4, 0.5) is 0 Å². The molecule has 0 N–H and O–H groups in total. The van der Waals surface area contributed by atoms with Gasteiger partial charge in [0.2, 0.25) is 6.33 Å². The average Bonchev–Trinajstić information content (AvgIpc) is 3.08. The highest BCUT2D eigenvalue weighted by molar-refractivity contribution is 5.17. The maximum Gasteiger partial charge on any atom is 0.244 e. The Hall–Kier alpha value is -1.62. The summed E-state index contributed by atoms with van der Waals surface area (Å²) in [6.07, 6.45) is 8.69. The van der Waals surface area contributed by atoms with Crippen LogP contribution in [0.5, 0.6) is 0 Å². The fourth-order valence-electron chi connectivity index (χ4n) is 3.44. The lowest BCUT2D eigenvalue weighted by Gasteiger charge is -2.23. The van der Waals surface area contributed by atoms with E-state index in [9.17, 15) is 0 Å². The van der Waals surface area contributed by atoms with Crippen LogP contribution in [0.15, 0.2) is 79.4 Å². The highest BCUT2D eigenvalue weighted by atomic mass is 127. The molecular formula is C23H29IN2. The van der Waals surface area contributed by atoms with Gasteiger partial charge in [-0.15, -0.1) is 0 Å². The smallest absolute Gasteiger partial charge is 0.244 e. The summed E-state index contributed by atoms with van der Waals surface area (Å²) >= 11 is 0. The Morgan fingerprint density at radius 1 is 0.769 bits per heavy atom. The van der Waals surface area contributed by atoms with Crippen LogP contribution >= 0.6 is 0 Å². The van der Waals surface area contributed by atoms with Crippen molar-refractivity contribution < 1.29 is 28.5 Å². The maximum absolute atomic E-state index is 2.34. The SMILES string of the molecule is CC(C)(Cc1ccccc1)n1cc[n+](C(C)(C)Cc2ccccc2)c1.[I-]. The fourth-order valence-corrected chi connectivity index (χ4v) is 3.44. The van der Waals surface area contributed by atoms with E-state index in [0.717, 1.165) is 12.8 Å². The molecule has 0 atom stereocenters. The first-order valence-corrected chi connectivity index (χ1v) is 9.05. The van der Waals surface area contributed by atoms with Crippen molar-refractivity contribution in [1.82, 2.24) is 4.57 Å². The van der Waals surface area contributed by atoms with Crippen LogP contribution in [0.1, 0.15) is 38.8 Å². The topological polar surface area (TPSA) is 8.81 Å². The molecule has 0 aliphatic carbocycles. The Balaban J connectivity index is 0.00000243. The monoisotopic (exact) mass is 460 g/mol. The van der Waals surface area contributed by atoms with Crippen molar-refractivity contribution in [3.63, 3.8) is 0 Å². The van der Waals surface area contributed by atoms with Gasteiger partial charge in [0, 0.05) is 12.8 Å². The number of aromatic nitrogens is 2. The number of nitrogens with zero attached hydrogens (tertiary/aromatic N) is 2. The summed E-state index contributed by atoms with van der Waals surface area (Å²) < 4.78 is 4.68. The average molecular weight is 460 g/mol. The summed E-state index contributed by atoms with van der Waals surface area (Å²) in [5.74, 6) is 0. The van der Waals surface area contributed by atoms with Gasteiger partial charge in [-0.25, -0.2) is 9.13 Å². The second-order valence-corrected chi connectivity index (χ2v) is 8.18. The predicted octanol–water partition coefficient (Wildman–Crippen LogP) is 1.74. The molecule has 1 heterocycles. The summed E-state index contributed by atoms with van der Waals surface area (Å²) in [6.45, 7) is 9.20. The van der Waals surface area contributed by atoms with E-state index in [1.807, 2.05) is 0 Å². The quantitative estimate of drug-likeness (QED) is 0.392. The van der Waals surface area contributed by atoms with Crippen molar-refractivity contribution in [2.75, 3.05) is 0 Å². The van der Waals surface area contributed by atoms with Gasteiger partial charge in [0.15, 0.2) is 0 Å². The normalized spacial score (nSPS) is 11.8. The van der Waals surface area contributed by atoms with Gasteiger partial charge in [0.1, 0.15) is 23.5 Å². The van der Waals surface area contributed by atoms with Crippen LogP contribution in [0.2, 0.25) is 0 Å². The van der Waals surface area contributed by atoms with E-state index >= 15 is 0 Å². The van der Waals surface area contributed by atoms with Gasteiger partial charge < -0.3 is 24.0 Å². The van der Waals surface area contributed by atoms with E-state index in [1.165, 1.54) is 11.1 Å². The van der Waals surface area contributed by atoms with Crippen molar-refractivity contribution in [3.05, 3.63) is 90.5 Å². The molecule has 0 saturated heterocycles. The van der Waals surface area contributed by atoms with Crippen molar-refractivity contribution in [2.45, 2.75) is 51.6 Å². The second-order valence-electron chi connectivity index (χ2n) is 8.18. The Morgan fingerprint density at radius 3 is 1.81 bits per heavy atom. The van der Waals surface area contributed by atoms with E-state index in [0.29, 0.717) is 0 Å². The van der Waals surface area contributed by atoms with E-state index in [-0.39, 0.29) is 35.1 Å². The van der Waals surface area contributed by atoms with Gasteiger partial charge in [-0.2, -0.15) is 0 Å². The second kappa shape index (κ2) is 8.38. The Kier molecular flexibility index (Phi) is 6.67. The van der Waals surface area contributed by atoms with Crippen LogP contribution in [0.25, 0.3) is 0 Å². The molecule has 0 unspecified atom stereocenters. The minimum absolute atomic E-state index is 0. The zero-order valence-electron chi connectivity index (χ0n) is 16.2. The Labute approximate surface area is 174 Å². The van der Waals surface area contributed by atoms with E-state index in [2.05, 4.69) is 116 Å². The van der Waals surface area contributed by atoms with Crippen molar-refractivity contribution in [3.8, 4) is 0 Å². The van der Waals surface area contributed by atoms with Gasteiger partial charge in [-0.1, -0.05) is 60.7 Å². The van der Waals surface area contributed by atoms with Gasteiger partial charge in [-0.3, -0.25) is 0 Å². The number of halogens is 1. The summed E-state index contributed by atoms with van der Waals surface area (Å²) in [7, 11) is 0. The first-order chi connectivity index (χ1) is 11.9. The highest BCUT2D eigenvalue weighted by Crippen LogP contribution is 2.22. The number of hydrogen-bond donors (Lipinski definition) is 0. The molecule has 0 fully saturated rings. The van der Waals surface area contributed by atoms with Crippen LogP contribution in [0.3, 0.4) is 0 Å². The molecule has 2 aromatic carbocycles. The molecule has 0 spiro atoms. The van der Waals surface area contributed by atoms with Crippen molar-refractivity contribution in [1.29, 1.82) is 0 Å². The first-order valence-electron chi connectivity index (χ1n) is 9.05. The third-order valence-electron chi connectivity index (χ3n) is 4.99. The molecule has 0 saturated carbocycles. The van der Waals surface area contributed by atoms with Gasteiger partial charge in [0.05, 0.1) is 0 Å². The molecule has 1 aromatic heterocycles. The molecule has 3 rings (SSSR count). The summed E-state index contributed by atoms with van der Waals surface area (Å²) in [5, 5.41) is 0. The number of imidazole rings is 1. The largest absolute Gasteiger partial charge is 1.00 e. The fraction of sp³-hybridized carbons (Fsp3) is 0.348. The van der Waals surface area contributed by atoms with Crippen LogP contribution in [-0.2, 0) is 23.9 Å². The molecular weight excluding hydrogens is 431 g/mol. The maximum atomic E-state index is 2.34. The van der Waals surface area contributed by atoms with E-state index in [1.54, 1.807) is 0 Å². The number of hydrogen-bond acceptors (Lipinski definition) is 0. The summed E-state index contributed by atoms with van der Waals surface area (Å²) in [4.78, 5) is 0. The lowest BCUT2D eigenvalue weighted by molar-refractivity contribution is -0.757. The lowest BCUT2D eigenvalue weighted by Crippen LogP contribution is -3.00. The molecule has 0 aliphatic rings. The van der Waals surface area contributed by atoms with Crippen molar-refractivity contribution >= 4 is 0 Å². The molecule has 0 amide bonds. The molecule has 3 heteroatoms. The van der Waals surface area contributed by atoms with Gasteiger partial charge >= 0.3 is 0 Å². The molecule has 3 aromatic rings.